The first-order valence-electron chi connectivity index (χ1n) is 7.69. The van der Waals surface area contributed by atoms with Crippen LogP contribution in [-0.2, 0) is 6.54 Å². The summed E-state index contributed by atoms with van der Waals surface area (Å²) in [6, 6.07) is 3.29. The maximum absolute atomic E-state index is 4.68. The van der Waals surface area contributed by atoms with E-state index in [2.05, 4.69) is 53.0 Å². The van der Waals surface area contributed by atoms with Gasteiger partial charge in [0.25, 0.3) is 0 Å². The molecule has 1 fully saturated rings. The summed E-state index contributed by atoms with van der Waals surface area (Å²) in [5.41, 5.74) is 1.20. The van der Waals surface area contributed by atoms with E-state index < -0.39 is 0 Å². The van der Waals surface area contributed by atoms with Crippen molar-refractivity contribution in [1.29, 1.82) is 0 Å². The minimum Gasteiger partial charge on any atom is -0.315 e. The molecule has 2 rings (SSSR count). The molecule has 0 saturated carbocycles. The summed E-state index contributed by atoms with van der Waals surface area (Å²) in [5.74, 6) is 0. The highest BCUT2D eigenvalue weighted by atomic mass is 15.3. The van der Waals surface area contributed by atoms with Crippen molar-refractivity contribution in [2.75, 3.05) is 19.6 Å². The zero-order valence-electron chi connectivity index (χ0n) is 12.6. The van der Waals surface area contributed by atoms with Crippen LogP contribution in [0.25, 0.3) is 0 Å². The van der Waals surface area contributed by atoms with Gasteiger partial charge in [-0.2, -0.15) is 5.10 Å². The molecule has 108 valence electrons. The highest BCUT2D eigenvalue weighted by molar-refractivity contribution is 5.00. The molecule has 1 aromatic rings. The minimum absolute atomic E-state index is 0.449. The number of nitrogens with zero attached hydrogens (tertiary/aromatic N) is 3. The van der Waals surface area contributed by atoms with Crippen LogP contribution in [0.1, 0.15) is 51.8 Å². The van der Waals surface area contributed by atoms with E-state index in [4.69, 9.17) is 0 Å². The van der Waals surface area contributed by atoms with Gasteiger partial charge in [0.1, 0.15) is 0 Å². The smallest absolute Gasteiger partial charge is 0.0765 e. The predicted molar refractivity (Wildman–Crippen MR) is 79.2 cm³/mol. The first-order valence-corrected chi connectivity index (χ1v) is 7.69. The maximum Gasteiger partial charge on any atom is 0.0765 e. The van der Waals surface area contributed by atoms with E-state index in [0.717, 1.165) is 13.1 Å². The van der Waals surface area contributed by atoms with E-state index in [1.807, 2.05) is 0 Å². The van der Waals surface area contributed by atoms with Gasteiger partial charge in [0.2, 0.25) is 0 Å². The summed E-state index contributed by atoms with van der Waals surface area (Å²) in [5, 5.41) is 8.20. The molecule has 1 saturated heterocycles. The van der Waals surface area contributed by atoms with Gasteiger partial charge < -0.3 is 5.32 Å². The lowest BCUT2D eigenvalue weighted by Gasteiger charge is -2.34. The molecule has 19 heavy (non-hydrogen) atoms. The zero-order valence-corrected chi connectivity index (χ0v) is 12.6. The third kappa shape index (κ3) is 4.05. The molecule has 1 aliphatic heterocycles. The van der Waals surface area contributed by atoms with Crippen LogP contribution in [0.15, 0.2) is 12.3 Å². The fourth-order valence-corrected chi connectivity index (χ4v) is 2.78. The third-order valence-corrected chi connectivity index (χ3v) is 3.86. The maximum atomic E-state index is 4.68. The van der Waals surface area contributed by atoms with Crippen LogP contribution in [0.5, 0.6) is 0 Å². The van der Waals surface area contributed by atoms with Crippen molar-refractivity contribution in [2.24, 2.45) is 0 Å². The predicted octanol–water partition coefficient (Wildman–Crippen LogP) is 2.43. The van der Waals surface area contributed by atoms with Crippen molar-refractivity contribution >= 4 is 0 Å². The van der Waals surface area contributed by atoms with E-state index in [-0.39, 0.29) is 0 Å². The fourth-order valence-electron chi connectivity index (χ4n) is 2.78. The van der Waals surface area contributed by atoms with Crippen LogP contribution in [0.2, 0.25) is 0 Å². The summed E-state index contributed by atoms with van der Waals surface area (Å²) >= 11 is 0. The van der Waals surface area contributed by atoms with Crippen molar-refractivity contribution in [2.45, 2.75) is 58.7 Å². The van der Waals surface area contributed by atoms with Crippen molar-refractivity contribution in [3.8, 4) is 0 Å². The number of nitrogens with one attached hydrogen (secondary N) is 1. The van der Waals surface area contributed by atoms with Crippen molar-refractivity contribution in [3.05, 3.63) is 18.0 Å². The van der Waals surface area contributed by atoms with Crippen molar-refractivity contribution in [1.82, 2.24) is 20.0 Å². The van der Waals surface area contributed by atoms with Gasteiger partial charge in [-0.1, -0.05) is 6.92 Å². The standard InChI is InChI=1S/C15H28N4/c1-4-9-18(15-6-5-8-16-11-15)12-14-7-10-19(17-14)13(2)3/h7,10,13,15-16H,4-6,8-9,11-12H2,1-3H3. The van der Waals surface area contributed by atoms with E-state index in [9.17, 15) is 0 Å². The average Bonchev–Trinajstić information content (AvgIpc) is 2.88. The minimum atomic E-state index is 0.449. The Morgan fingerprint density at radius 3 is 2.95 bits per heavy atom. The van der Waals surface area contributed by atoms with Gasteiger partial charge in [-0.25, -0.2) is 0 Å². The molecule has 1 aromatic heterocycles. The molecule has 1 unspecified atom stereocenters. The SMILES string of the molecule is CCCN(Cc1ccn(C(C)C)n1)C1CCCNC1. The first-order chi connectivity index (χ1) is 9.20. The van der Waals surface area contributed by atoms with E-state index in [0.29, 0.717) is 12.1 Å². The molecule has 0 spiro atoms. The molecule has 1 atom stereocenters. The summed E-state index contributed by atoms with van der Waals surface area (Å²) in [6.07, 6.45) is 5.92. The molecular weight excluding hydrogens is 236 g/mol. The summed E-state index contributed by atoms with van der Waals surface area (Å²) in [6.45, 7) is 11.1. The van der Waals surface area contributed by atoms with Gasteiger partial charge in [0.05, 0.1) is 5.69 Å². The fraction of sp³-hybridized carbons (Fsp3) is 0.800. The topological polar surface area (TPSA) is 33.1 Å². The van der Waals surface area contributed by atoms with Crippen LogP contribution in [0, 0.1) is 0 Å². The Labute approximate surface area is 117 Å². The summed E-state index contributed by atoms with van der Waals surface area (Å²) < 4.78 is 2.05. The molecule has 0 aliphatic carbocycles. The van der Waals surface area contributed by atoms with Gasteiger partial charge in [-0.15, -0.1) is 0 Å². The molecular formula is C15H28N4. The monoisotopic (exact) mass is 264 g/mol. The number of rotatable bonds is 6. The molecule has 0 amide bonds. The average molecular weight is 264 g/mol. The lowest BCUT2D eigenvalue weighted by Crippen LogP contribution is -2.46. The van der Waals surface area contributed by atoms with Gasteiger partial charge in [0, 0.05) is 31.4 Å². The van der Waals surface area contributed by atoms with Gasteiger partial charge >= 0.3 is 0 Å². The summed E-state index contributed by atoms with van der Waals surface area (Å²) in [7, 11) is 0. The Bertz CT molecular complexity index is 366. The molecule has 1 aliphatic rings. The molecule has 0 bridgehead atoms. The molecule has 0 aromatic carbocycles. The largest absolute Gasteiger partial charge is 0.315 e. The van der Waals surface area contributed by atoms with Gasteiger partial charge in [-0.3, -0.25) is 9.58 Å². The Morgan fingerprint density at radius 2 is 2.37 bits per heavy atom. The van der Waals surface area contributed by atoms with Gasteiger partial charge in [0.15, 0.2) is 0 Å². The second kappa shape index (κ2) is 7.06. The first kappa shape index (κ1) is 14.5. The molecule has 4 nitrogen and oxygen atoms in total. The van der Waals surface area contributed by atoms with Crippen molar-refractivity contribution < 1.29 is 0 Å². The number of aromatic nitrogens is 2. The number of hydrogen-bond donors (Lipinski definition) is 1. The van der Waals surface area contributed by atoms with Gasteiger partial charge in [-0.05, 0) is 52.3 Å². The van der Waals surface area contributed by atoms with Crippen LogP contribution in [0.3, 0.4) is 0 Å². The second-order valence-corrected chi connectivity index (χ2v) is 5.85. The molecule has 4 heteroatoms. The normalized spacial score (nSPS) is 20.4. The zero-order chi connectivity index (χ0) is 13.7. The van der Waals surface area contributed by atoms with Crippen LogP contribution < -0.4 is 5.32 Å². The van der Waals surface area contributed by atoms with Crippen LogP contribution in [0.4, 0.5) is 0 Å². The second-order valence-electron chi connectivity index (χ2n) is 5.85. The van der Waals surface area contributed by atoms with E-state index >= 15 is 0 Å². The highest BCUT2D eigenvalue weighted by Crippen LogP contribution is 2.15. The van der Waals surface area contributed by atoms with Crippen molar-refractivity contribution in [3.63, 3.8) is 0 Å². The van der Waals surface area contributed by atoms with Crippen LogP contribution >= 0.6 is 0 Å². The Hall–Kier alpha value is -0.870. The number of hydrogen-bond acceptors (Lipinski definition) is 3. The van der Waals surface area contributed by atoms with E-state index in [1.165, 1.54) is 38.0 Å². The Kier molecular flexibility index (Phi) is 5.40. The Morgan fingerprint density at radius 1 is 1.53 bits per heavy atom. The third-order valence-electron chi connectivity index (χ3n) is 3.86. The lowest BCUT2D eigenvalue weighted by molar-refractivity contribution is 0.156. The lowest BCUT2D eigenvalue weighted by atomic mass is 10.1. The molecule has 1 N–H and O–H groups in total. The quantitative estimate of drug-likeness (QED) is 0.856. The number of piperidine rings is 1. The van der Waals surface area contributed by atoms with E-state index in [1.54, 1.807) is 0 Å². The molecule has 2 heterocycles. The Balaban J connectivity index is 1.98. The molecule has 0 radical (unpaired) electrons. The summed E-state index contributed by atoms with van der Waals surface area (Å²) in [4.78, 5) is 2.60. The highest BCUT2D eigenvalue weighted by Gasteiger charge is 2.21. The van der Waals surface area contributed by atoms with Crippen LogP contribution in [-0.4, -0.2) is 40.4 Å².